The summed E-state index contributed by atoms with van der Waals surface area (Å²) in [4.78, 5) is 4.11. The Morgan fingerprint density at radius 2 is 2.11 bits per heavy atom. The van der Waals surface area contributed by atoms with Crippen molar-refractivity contribution in [3.8, 4) is 11.5 Å². The van der Waals surface area contributed by atoms with Gasteiger partial charge in [0.15, 0.2) is 0 Å². The van der Waals surface area contributed by atoms with Crippen LogP contribution in [0.15, 0.2) is 41.0 Å². The number of aliphatic hydroxyl groups excluding tert-OH is 1. The van der Waals surface area contributed by atoms with Crippen LogP contribution >= 0.6 is 27.5 Å². The third kappa shape index (κ3) is 3.22. The van der Waals surface area contributed by atoms with E-state index in [0.717, 1.165) is 4.47 Å². The highest BCUT2D eigenvalue weighted by molar-refractivity contribution is 9.10. The predicted molar refractivity (Wildman–Crippen MR) is 74.1 cm³/mol. The number of ether oxygens (including phenoxy) is 1. The van der Waals surface area contributed by atoms with Gasteiger partial charge >= 0.3 is 0 Å². The largest absolute Gasteiger partial charge is 0.455 e. The van der Waals surface area contributed by atoms with Gasteiger partial charge in [-0.25, -0.2) is 0 Å². The molecule has 3 nitrogen and oxygen atoms in total. The number of hydrogen-bond acceptors (Lipinski definition) is 3. The molecule has 1 N–H and O–H groups in total. The Hall–Kier alpha value is -1.10. The lowest BCUT2D eigenvalue weighted by Crippen LogP contribution is -1.95. The van der Waals surface area contributed by atoms with E-state index in [2.05, 4.69) is 20.9 Å². The smallest absolute Gasteiger partial charge is 0.145 e. The van der Waals surface area contributed by atoms with Gasteiger partial charge in [-0.3, -0.25) is 4.98 Å². The highest BCUT2D eigenvalue weighted by Crippen LogP contribution is 2.31. The van der Waals surface area contributed by atoms with Crippen molar-refractivity contribution < 1.29 is 9.84 Å². The monoisotopic (exact) mass is 327 g/mol. The first-order chi connectivity index (χ1) is 8.56. The number of nitrogens with zero attached hydrogens (tertiary/aromatic N) is 1. The summed E-state index contributed by atoms with van der Waals surface area (Å²) < 4.78 is 6.42. The Bertz CT molecular complexity index is 543. The standard InChI is InChI=1S/C13H11BrClNO2/c1-8(17)12-4-3-10(7-16-12)18-13-5-2-9(15)6-11(13)14/h2-8,17H,1H3. The number of halogens is 2. The van der Waals surface area contributed by atoms with E-state index in [-0.39, 0.29) is 0 Å². The van der Waals surface area contributed by atoms with E-state index in [0.29, 0.717) is 22.2 Å². The summed E-state index contributed by atoms with van der Waals surface area (Å²) >= 11 is 9.22. The lowest BCUT2D eigenvalue weighted by Gasteiger charge is -2.09. The number of benzene rings is 1. The quantitative estimate of drug-likeness (QED) is 0.911. The zero-order chi connectivity index (χ0) is 13.1. The molecule has 0 aliphatic heterocycles. The van der Waals surface area contributed by atoms with Crippen molar-refractivity contribution in [2.24, 2.45) is 0 Å². The average molecular weight is 329 g/mol. The molecule has 0 aliphatic rings. The maximum atomic E-state index is 9.35. The molecule has 2 aromatic rings. The van der Waals surface area contributed by atoms with Gasteiger partial charge in [0.05, 0.1) is 22.5 Å². The van der Waals surface area contributed by atoms with Gasteiger partial charge in [-0.15, -0.1) is 0 Å². The molecule has 1 aromatic carbocycles. The van der Waals surface area contributed by atoms with Gasteiger partial charge in [-0.1, -0.05) is 11.6 Å². The third-order valence-electron chi connectivity index (χ3n) is 2.31. The summed E-state index contributed by atoms with van der Waals surface area (Å²) in [5.41, 5.74) is 0.609. The topological polar surface area (TPSA) is 42.4 Å². The van der Waals surface area contributed by atoms with Crippen molar-refractivity contribution in [3.63, 3.8) is 0 Å². The van der Waals surface area contributed by atoms with Crippen LogP contribution in [0, 0.1) is 0 Å². The summed E-state index contributed by atoms with van der Waals surface area (Å²) in [6.07, 6.45) is 0.990. The van der Waals surface area contributed by atoms with E-state index in [9.17, 15) is 5.11 Å². The van der Waals surface area contributed by atoms with Crippen molar-refractivity contribution in [2.75, 3.05) is 0 Å². The van der Waals surface area contributed by atoms with Crippen molar-refractivity contribution in [1.82, 2.24) is 4.98 Å². The summed E-state index contributed by atoms with van der Waals surface area (Å²) in [5.74, 6) is 1.26. The maximum absolute atomic E-state index is 9.35. The molecule has 1 atom stereocenters. The van der Waals surface area contributed by atoms with Gasteiger partial charge in [-0.2, -0.15) is 0 Å². The Labute approximate surface area is 119 Å². The minimum absolute atomic E-state index is 0.582. The van der Waals surface area contributed by atoms with Gasteiger partial charge in [-0.05, 0) is 53.2 Å². The van der Waals surface area contributed by atoms with E-state index >= 15 is 0 Å². The van der Waals surface area contributed by atoms with Crippen molar-refractivity contribution in [2.45, 2.75) is 13.0 Å². The second-order valence-electron chi connectivity index (χ2n) is 3.77. The van der Waals surface area contributed by atoms with Crippen LogP contribution in [0.5, 0.6) is 11.5 Å². The minimum atomic E-state index is -0.582. The van der Waals surface area contributed by atoms with Crippen LogP contribution in [-0.2, 0) is 0 Å². The van der Waals surface area contributed by atoms with Crippen LogP contribution in [0.2, 0.25) is 5.02 Å². The van der Waals surface area contributed by atoms with Crippen LogP contribution in [0.25, 0.3) is 0 Å². The summed E-state index contributed by atoms with van der Waals surface area (Å²) in [6.45, 7) is 1.67. The predicted octanol–water partition coefficient (Wildman–Crippen LogP) is 4.34. The van der Waals surface area contributed by atoms with Crippen LogP contribution in [0.4, 0.5) is 0 Å². The van der Waals surface area contributed by atoms with Crippen LogP contribution < -0.4 is 4.74 Å². The molecule has 0 aliphatic carbocycles. The molecule has 0 bridgehead atoms. The number of aromatic nitrogens is 1. The highest BCUT2D eigenvalue weighted by Gasteiger charge is 2.06. The highest BCUT2D eigenvalue weighted by atomic mass is 79.9. The molecule has 1 heterocycles. The van der Waals surface area contributed by atoms with Gasteiger partial charge < -0.3 is 9.84 Å². The zero-order valence-electron chi connectivity index (χ0n) is 9.60. The fraction of sp³-hybridized carbons (Fsp3) is 0.154. The van der Waals surface area contributed by atoms with E-state index in [1.165, 1.54) is 0 Å². The van der Waals surface area contributed by atoms with E-state index in [1.807, 2.05) is 0 Å². The molecule has 0 spiro atoms. The number of hydrogen-bond donors (Lipinski definition) is 1. The van der Waals surface area contributed by atoms with Gasteiger partial charge in [0.1, 0.15) is 11.5 Å². The Morgan fingerprint density at radius 3 is 2.67 bits per heavy atom. The van der Waals surface area contributed by atoms with Crippen LogP contribution in [0.1, 0.15) is 18.7 Å². The Balaban J connectivity index is 2.18. The van der Waals surface area contributed by atoms with Crippen LogP contribution in [0.3, 0.4) is 0 Å². The molecule has 0 saturated carbocycles. The molecule has 2 rings (SSSR count). The van der Waals surface area contributed by atoms with Crippen molar-refractivity contribution >= 4 is 27.5 Å². The van der Waals surface area contributed by atoms with Crippen LogP contribution in [-0.4, -0.2) is 10.1 Å². The average Bonchev–Trinajstić information content (AvgIpc) is 2.33. The van der Waals surface area contributed by atoms with E-state index in [1.54, 1.807) is 43.5 Å². The molecule has 1 aromatic heterocycles. The summed E-state index contributed by atoms with van der Waals surface area (Å²) in [5, 5.41) is 9.99. The number of pyridine rings is 1. The molecule has 94 valence electrons. The summed E-state index contributed by atoms with van der Waals surface area (Å²) in [6, 6.07) is 8.77. The normalized spacial score (nSPS) is 12.2. The Kier molecular flexibility index (Phi) is 4.22. The SMILES string of the molecule is CC(O)c1ccc(Oc2ccc(Cl)cc2Br)cn1. The van der Waals surface area contributed by atoms with Gasteiger partial charge in [0.25, 0.3) is 0 Å². The fourth-order valence-corrected chi connectivity index (χ4v) is 2.15. The molecule has 0 radical (unpaired) electrons. The zero-order valence-corrected chi connectivity index (χ0v) is 11.9. The molecular formula is C13H11BrClNO2. The number of aliphatic hydroxyl groups is 1. The molecule has 0 amide bonds. The molecule has 0 saturated heterocycles. The number of rotatable bonds is 3. The van der Waals surface area contributed by atoms with E-state index < -0.39 is 6.10 Å². The van der Waals surface area contributed by atoms with Gasteiger partial charge in [0, 0.05) is 5.02 Å². The first kappa shape index (κ1) is 13.3. The first-order valence-electron chi connectivity index (χ1n) is 5.33. The fourth-order valence-electron chi connectivity index (χ4n) is 1.38. The molecular weight excluding hydrogens is 318 g/mol. The molecule has 0 fully saturated rings. The lowest BCUT2D eigenvalue weighted by atomic mass is 10.2. The third-order valence-corrected chi connectivity index (χ3v) is 3.16. The molecule has 18 heavy (non-hydrogen) atoms. The Morgan fingerprint density at radius 1 is 1.33 bits per heavy atom. The molecule has 1 unspecified atom stereocenters. The maximum Gasteiger partial charge on any atom is 0.145 e. The minimum Gasteiger partial charge on any atom is -0.455 e. The lowest BCUT2D eigenvalue weighted by molar-refractivity contribution is 0.194. The second-order valence-corrected chi connectivity index (χ2v) is 5.06. The van der Waals surface area contributed by atoms with E-state index in [4.69, 9.17) is 16.3 Å². The van der Waals surface area contributed by atoms with Crippen molar-refractivity contribution in [3.05, 3.63) is 51.7 Å². The van der Waals surface area contributed by atoms with Crippen molar-refractivity contribution in [1.29, 1.82) is 0 Å². The van der Waals surface area contributed by atoms with Gasteiger partial charge in [0.2, 0.25) is 0 Å². The summed E-state index contributed by atoms with van der Waals surface area (Å²) in [7, 11) is 0. The molecule has 5 heteroatoms. The second kappa shape index (κ2) is 5.69. The first-order valence-corrected chi connectivity index (χ1v) is 6.50.